The lowest BCUT2D eigenvalue weighted by Crippen LogP contribution is -2.59. The van der Waals surface area contributed by atoms with Crippen molar-refractivity contribution in [3.63, 3.8) is 0 Å². The summed E-state index contributed by atoms with van der Waals surface area (Å²) in [6.45, 7) is 3.31. The van der Waals surface area contributed by atoms with E-state index in [4.69, 9.17) is 9.47 Å². The highest BCUT2D eigenvalue weighted by molar-refractivity contribution is 7.91. The topological polar surface area (TPSA) is 206 Å². The van der Waals surface area contributed by atoms with Gasteiger partial charge < -0.3 is 30.1 Å². The molecule has 4 amide bonds. The maximum absolute atomic E-state index is 14.4. The maximum Gasteiger partial charge on any atom is 0.438 e. The highest BCUT2D eigenvalue weighted by Crippen LogP contribution is 2.46. The number of nitrogens with zero attached hydrogens (tertiary/aromatic N) is 3. The predicted octanol–water partition coefficient (Wildman–Crippen LogP) is 3.53. The van der Waals surface area contributed by atoms with Crippen LogP contribution in [0.2, 0.25) is 0 Å². The van der Waals surface area contributed by atoms with Crippen molar-refractivity contribution < 1.29 is 55.3 Å². The number of aromatic nitrogens is 2. The normalized spacial score (nSPS) is 29.3. The Labute approximate surface area is 309 Å². The minimum Gasteiger partial charge on any atom is -0.497 e. The van der Waals surface area contributed by atoms with Crippen LogP contribution in [0.3, 0.4) is 0 Å². The molecule has 2 aromatic rings. The molecule has 54 heavy (non-hydrogen) atoms. The van der Waals surface area contributed by atoms with Gasteiger partial charge in [0.05, 0.1) is 29.9 Å². The van der Waals surface area contributed by atoms with Crippen molar-refractivity contribution in [2.24, 2.45) is 17.8 Å². The van der Waals surface area contributed by atoms with Crippen molar-refractivity contribution in [2.75, 3.05) is 13.7 Å². The van der Waals surface area contributed by atoms with Gasteiger partial charge in [0.15, 0.2) is 0 Å². The fraction of sp³-hybridized carbons (Fsp3) is 0.600. The molecule has 2 aliphatic heterocycles. The molecule has 2 saturated carbocycles. The largest absolute Gasteiger partial charge is 0.497 e. The monoisotopic (exact) mass is 780 g/mol. The summed E-state index contributed by atoms with van der Waals surface area (Å²) in [5, 5.41) is 14.1. The number of carbonyl (C=O) groups is 4. The van der Waals surface area contributed by atoms with Crippen LogP contribution in [0.1, 0.15) is 70.9 Å². The molecule has 2 aliphatic carbocycles. The van der Waals surface area contributed by atoms with Gasteiger partial charge in [-0.05, 0) is 62.5 Å². The van der Waals surface area contributed by atoms with Gasteiger partial charge in [0.1, 0.15) is 29.5 Å². The summed E-state index contributed by atoms with van der Waals surface area (Å²) < 4.78 is 81.6. The number of sulfonamides is 1. The molecule has 7 atom stereocenters. The van der Waals surface area contributed by atoms with Crippen LogP contribution in [-0.4, -0.2) is 94.8 Å². The number of carbonyl (C=O) groups excluding carboxylic acids is 3. The van der Waals surface area contributed by atoms with E-state index in [1.165, 1.54) is 25.3 Å². The number of fused-ring (bicyclic) bond motifs is 3. The van der Waals surface area contributed by atoms with E-state index in [0.29, 0.717) is 44.3 Å². The number of nitrogens with one attached hydrogen (secondary N) is 3. The number of halogens is 3. The molecule has 1 aromatic heterocycles. The summed E-state index contributed by atoms with van der Waals surface area (Å²) in [5.74, 6) is -4.32. The van der Waals surface area contributed by atoms with E-state index in [1.54, 1.807) is 13.0 Å². The average Bonchev–Trinajstić information content (AvgIpc) is 4.03. The summed E-state index contributed by atoms with van der Waals surface area (Å²) in [5.41, 5.74) is -3.20. The molecular formula is C35H43F3N6O9S. The Hall–Kier alpha value is -4.68. The molecule has 1 saturated heterocycles. The first-order valence-corrected chi connectivity index (χ1v) is 19.4. The number of ether oxygens (including phenoxy) is 2. The zero-order valence-corrected chi connectivity index (χ0v) is 30.7. The first-order chi connectivity index (χ1) is 25.4. The van der Waals surface area contributed by atoms with E-state index in [2.05, 4.69) is 25.3 Å². The standard InChI is InChI=1S/C35H43F3N6O9S/c1-4-19-13-18(2)7-5-6-8-20-16-34(20,32(47)43-54(50,51)23-10-11-23)42-29(45)26-15-22(17-44(26)31(46)27(19)41-33(48)49)53-30-28(35(36,37)38)39-24-12-9-21(52-3)14-25(24)40-30/h6,8-9,12,14,18-20,22-23,26-27,41H,4-5,7,10-11,13,15-17H2,1-3H3,(H,42,45)(H,43,47)(H,48,49)/t18-,19-,20-,22-,26+,27+,34-/m1/s1. The van der Waals surface area contributed by atoms with Crippen molar-refractivity contribution in [3.8, 4) is 11.6 Å². The molecule has 15 nitrogen and oxygen atoms in total. The van der Waals surface area contributed by atoms with Crippen LogP contribution < -0.4 is 24.8 Å². The Bertz CT molecular complexity index is 1960. The maximum atomic E-state index is 14.4. The first-order valence-electron chi connectivity index (χ1n) is 17.9. The van der Waals surface area contributed by atoms with Gasteiger partial charge in [0.25, 0.3) is 5.91 Å². The quantitative estimate of drug-likeness (QED) is 0.285. The average molecular weight is 781 g/mol. The van der Waals surface area contributed by atoms with E-state index in [9.17, 15) is 45.9 Å². The van der Waals surface area contributed by atoms with E-state index in [0.717, 1.165) is 4.90 Å². The summed E-state index contributed by atoms with van der Waals surface area (Å²) >= 11 is 0. The number of hydrogen-bond acceptors (Lipinski definition) is 10. The minimum atomic E-state index is -5.01. The van der Waals surface area contributed by atoms with E-state index in [-0.39, 0.29) is 29.8 Å². The molecule has 0 unspecified atom stereocenters. The number of carboxylic acid groups (broad SMARTS) is 1. The zero-order chi connectivity index (χ0) is 39.2. The second-order valence-corrected chi connectivity index (χ2v) is 16.6. The molecule has 3 heterocycles. The third kappa shape index (κ3) is 8.19. The lowest BCUT2D eigenvalue weighted by Gasteiger charge is -2.33. The van der Waals surface area contributed by atoms with Gasteiger partial charge in [-0.3, -0.25) is 19.1 Å². The summed E-state index contributed by atoms with van der Waals surface area (Å²) in [6.07, 6.45) is -1.68. The molecule has 4 aliphatic rings. The smallest absolute Gasteiger partial charge is 0.438 e. The van der Waals surface area contributed by atoms with Crippen LogP contribution in [0, 0.1) is 17.8 Å². The van der Waals surface area contributed by atoms with Gasteiger partial charge in [-0.2, -0.15) is 13.2 Å². The number of rotatable bonds is 8. The van der Waals surface area contributed by atoms with Gasteiger partial charge in [0, 0.05) is 18.4 Å². The first kappa shape index (κ1) is 39.0. The van der Waals surface area contributed by atoms with E-state index < -0.39 is 98.9 Å². The Morgan fingerprint density at radius 2 is 1.87 bits per heavy atom. The third-order valence-electron chi connectivity index (χ3n) is 10.6. The Morgan fingerprint density at radius 1 is 1.13 bits per heavy atom. The molecule has 294 valence electrons. The van der Waals surface area contributed by atoms with Crippen LogP contribution >= 0.6 is 0 Å². The fourth-order valence-corrected chi connectivity index (χ4v) is 8.78. The Kier molecular flexibility index (Phi) is 10.7. The predicted molar refractivity (Wildman–Crippen MR) is 186 cm³/mol. The van der Waals surface area contributed by atoms with Gasteiger partial charge in [0.2, 0.25) is 33.4 Å². The van der Waals surface area contributed by atoms with Crippen LogP contribution in [0.4, 0.5) is 18.0 Å². The molecule has 6 rings (SSSR count). The van der Waals surface area contributed by atoms with Gasteiger partial charge in [-0.15, -0.1) is 0 Å². The van der Waals surface area contributed by atoms with Gasteiger partial charge >= 0.3 is 12.3 Å². The number of methoxy groups -OCH3 is 1. The molecule has 3 fully saturated rings. The number of amides is 4. The summed E-state index contributed by atoms with van der Waals surface area (Å²) in [7, 11) is -2.64. The highest BCUT2D eigenvalue weighted by atomic mass is 32.2. The van der Waals surface area contributed by atoms with Gasteiger partial charge in [-0.1, -0.05) is 32.4 Å². The van der Waals surface area contributed by atoms with Crippen molar-refractivity contribution in [1.29, 1.82) is 0 Å². The van der Waals surface area contributed by atoms with Crippen molar-refractivity contribution >= 4 is 44.9 Å². The van der Waals surface area contributed by atoms with Gasteiger partial charge in [-0.25, -0.2) is 23.2 Å². The Morgan fingerprint density at radius 3 is 2.52 bits per heavy atom. The lowest BCUT2D eigenvalue weighted by molar-refractivity contribution is -0.143. The summed E-state index contributed by atoms with van der Waals surface area (Å²) in [6, 6.07) is 1.30. The fourth-order valence-electron chi connectivity index (χ4n) is 7.42. The van der Waals surface area contributed by atoms with E-state index >= 15 is 0 Å². The molecular weight excluding hydrogens is 737 g/mol. The van der Waals surface area contributed by atoms with Crippen LogP contribution in [0.15, 0.2) is 30.4 Å². The molecule has 0 spiro atoms. The number of alkyl halides is 3. The third-order valence-corrected chi connectivity index (χ3v) is 12.5. The zero-order valence-electron chi connectivity index (χ0n) is 29.9. The lowest BCUT2D eigenvalue weighted by atomic mass is 9.85. The highest BCUT2D eigenvalue weighted by Gasteiger charge is 2.62. The van der Waals surface area contributed by atoms with E-state index in [1.807, 2.05) is 13.0 Å². The Balaban J connectivity index is 1.38. The molecule has 1 aromatic carbocycles. The second-order valence-electron chi connectivity index (χ2n) is 14.6. The van der Waals surface area contributed by atoms with Crippen LogP contribution in [0.5, 0.6) is 11.6 Å². The number of hydrogen-bond donors (Lipinski definition) is 4. The van der Waals surface area contributed by atoms with Crippen LogP contribution in [0.25, 0.3) is 11.0 Å². The molecule has 0 bridgehead atoms. The minimum absolute atomic E-state index is 0.0164. The number of allylic oxidation sites excluding steroid dienone is 1. The van der Waals surface area contributed by atoms with Crippen molar-refractivity contribution in [2.45, 2.75) is 100 Å². The van der Waals surface area contributed by atoms with Crippen molar-refractivity contribution in [1.82, 2.24) is 30.2 Å². The molecule has 19 heteroatoms. The summed E-state index contributed by atoms with van der Waals surface area (Å²) in [4.78, 5) is 63.3. The molecule has 0 radical (unpaired) electrons. The number of benzene rings is 1. The SMILES string of the molecule is CC[C@@H]1C[C@H](C)CCC=C[C@@H]2C[C@@]2(C(=O)NS(=O)(=O)C2CC2)NC(=O)[C@@H]2C[C@@H](Oc3nc4cc(OC)ccc4nc3C(F)(F)F)CN2C(=O)[C@H]1NC(=O)O. The van der Waals surface area contributed by atoms with Crippen molar-refractivity contribution in [3.05, 3.63) is 36.0 Å². The second kappa shape index (κ2) is 14.9. The van der Waals surface area contributed by atoms with Crippen LogP contribution in [-0.2, 0) is 30.6 Å². The molecule has 4 N–H and O–H groups in total.